The van der Waals surface area contributed by atoms with Gasteiger partial charge in [-0.1, -0.05) is 17.8 Å². The Morgan fingerprint density at radius 2 is 2.18 bits per heavy atom. The molecule has 0 unspecified atom stereocenters. The third-order valence-corrected chi connectivity index (χ3v) is 3.31. The zero-order valence-electron chi connectivity index (χ0n) is 9.48. The van der Waals surface area contributed by atoms with E-state index < -0.39 is 0 Å². The number of rotatable bonds is 4. The van der Waals surface area contributed by atoms with Gasteiger partial charge in [-0.05, 0) is 42.9 Å². The molecule has 2 nitrogen and oxygen atoms in total. The van der Waals surface area contributed by atoms with E-state index in [4.69, 9.17) is 0 Å². The van der Waals surface area contributed by atoms with Gasteiger partial charge in [-0.25, -0.2) is 9.37 Å². The molecule has 1 N–H and O–H groups in total. The molecule has 88 valence electrons. The van der Waals surface area contributed by atoms with E-state index in [1.54, 1.807) is 30.1 Å². The lowest BCUT2D eigenvalue weighted by Gasteiger charge is -2.08. The van der Waals surface area contributed by atoms with E-state index in [1.807, 2.05) is 25.2 Å². The van der Waals surface area contributed by atoms with Crippen molar-refractivity contribution in [3.63, 3.8) is 0 Å². The molecule has 0 bridgehead atoms. The van der Waals surface area contributed by atoms with E-state index in [0.717, 1.165) is 15.5 Å². The molecule has 0 amide bonds. The molecule has 0 spiro atoms. The predicted octanol–water partition coefficient (Wildman–Crippen LogP) is 3.09. The minimum absolute atomic E-state index is 0.208. The molecule has 2 rings (SSSR count). The highest BCUT2D eigenvalue weighted by Gasteiger charge is 2.06. The van der Waals surface area contributed by atoms with Crippen LogP contribution >= 0.6 is 11.8 Å². The summed E-state index contributed by atoms with van der Waals surface area (Å²) in [7, 11) is 1.85. The van der Waals surface area contributed by atoms with Crippen molar-refractivity contribution in [2.75, 3.05) is 7.05 Å². The topological polar surface area (TPSA) is 24.9 Å². The van der Waals surface area contributed by atoms with Crippen LogP contribution in [0.3, 0.4) is 0 Å². The Labute approximate surface area is 104 Å². The Morgan fingerprint density at radius 1 is 1.29 bits per heavy atom. The van der Waals surface area contributed by atoms with Crippen molar-refractivity contribution in [3.05, 3.63) is 54.0 Å². The van der Waals surface area contributed by atoms with Crippen LogP contribution in [0, 0.1) is 5.82 Å². The van der Waals surface area contributed by atoms with Crippen molar-refractivity contribution in [2.45, 2.75) is 16.5 Å². The highest BCUT2D eigenvalue weighted by atomic mass is 32.2. The molecule has 1 aromatic heterocycles. The smallest absolute Gasteiger partial charge is 0.123 e. The molecular weight excluding hydrogens is 235 g/mol. The van der Waals surface area contributed by atoms with Gasteiger partial charge in [0, 0.05) is 17.6 Å². The lowest BCUT2D eigenvalue weighted by molar-refractivity contribution is 0.621. The zero-order chi connectivity index (χ0) is 12.1. The molecule has 0 aliphatic carbocycles. The Kier molecular flexibility index (Phi) is 4.12. The van der Waals surface area contributed by atoms with E-state index in [0.29, 0.717) is 6.54 Å². The molecule has 0 fully saturated rings. The van der Waals surface area contributed by atoms with E-state index in [2.05, 4.69) is 10.3 Å². The van der Waals surface area contributed by atoms with Gasteiger partial charge in [-0.3, -0.25) is 0 Å². The summed E-state index contributed by atoms with van der Waals surface area (Å²) in [6, 6.07) is 10.6. The van der Waals surface area contributed by atoms with Crippen LogP contribution in [0.4, 0.5) is 4.39 Å². The normalized spacial score (nSPS) is 10.5. The fraction of sp³-hybridized carbons (Fsp3) is 0.154. The zero-order valence-corrected chi connectivity index (χ0v) is 10.3. The van der Waals surface area contributed by atoms with Crippen LogP contribution in [0.2, 0.25) is 0 Å². The van der Waals surface area contributed by atoms with Crippen molar-refractivity contribution in [1.82, 2.24) is 10.3 Å². The Hall–Kier alpha value is -1.39. The van der Waals surface area contributed by atoms with Crippen LogP contribution in [-0.4, -0.2) is 12.0 Å². The molecule has 0 saturated carbocycles. The van der Waals surface area contributed by atoms with Crippen LogP contribution in [0.25, 0.3) is 0 Å². The highest BCUT2D eigenvalue weighted by molar-refractivity contribution is 7.99. The van der Waals surface area contributed by atoms with Gasteiger partial charge in [0.1, 0.15) is 10.8 Å². The maximum atomic E-state index is 13.2. The number of hydrogen-bond acceptors (Lipinski definition) is 3. The molecule has 0 aliphatic heterocycles. The molecule has 1 aromatic carbocycles. The molecule has 0 radical (unpaired) electrons. The summed E-state index contributed by atoms with van der Waals surface area (Å²) in [6.45, 7) is 0.646. The molecule has 2 aromatic rings. The van der Waals surface area contributed by atoms with Crippen molar-refractivity contribution < 1.29 is 4.39 Å². The van der Waals surface area contributed by atoms with Crippen molar-refractivity contribution in [3.8, 4) is 0 Å². The first kappa shape index (κ1) is 12.1. The van der Waals surface area contributed by atoms with Crippen LogP contribution in [0.15, 0.2) is 52.5 Å². The van der Waals surface area contributed by atoms with Gasteiger partial charge in [0.15, 0.2) is 0 Å². The van der Waals surface area contributed by atoms with Gasteiger partial charge >= 0.3 is 0 Å². The average molecular weight is 248 g/mol. The summed E-state index contributed by atoms with van der Waals surface area (Å²) in [5, 5.41) is 3.95. The first-order chi connectivity index (χ1) is 8.29. The lowest BCUT2D eigenvalue weighted by atomic mass is 10.2. The van der Waals surface area contributed by atoms with Crippen molar-refractivity contribution in [1.29, 1.82) is 0 Å². The fourth-order valence-electron chi connectivity index (χ4n) is 1.50. The SMILES string of the molecule is CNCc1cc(F)ccc1Sc1ccccn1. The Balaban J connectivity index is 2.26. The molecule has 0 saturated heterocycles. The van der Waals surface area contributed by atoms with Crippen LogP contribution in [0.1, 0.15) is 5.56 Å². The summed E-state index contributed by atoms with van der Waals surface area (Å²) < 4.78 is 13.2. The number of aromatic nitrogens is 1. The third-order valence-electron chi connectivity index (χ3n) is 2.24. The second-order valence-electron chi connectivity index (χ2n) is 3.55. The van der Waals surface area contributed by atoms with Gasteiger partial charge in [-0.2, -0.15) is 0 Å². The third kappa shape index (κ3) is 3.28. The molecule has 4 heteroatoms. The van der Waals surface area contributed by atoms with E-state index in [-0.39, 0.29) is 5.82 Å². The average Bonchev–Trinajstić information content (AvgIpc) is 2.34. The van der Waals surface area contributed by atoms with Gasteiger partial charge in [0.25, 0.3) is 0 Å². The van der Waals surface area contributed by atoms with E-state index >= 15 is 0 Å². The van der Waals surface area contributed by atoms with E-state index in [1.165, 1.54) is 6.07 Å². The van der Waals surface area contributed by atoms with Crippen molar-refractivity contribution in [2.24, 2.45) is 0 Å². The maximum Gasteiger partial charge on any atom is 0.123 e. The maximum absolute atomic E-state index is 13.2. The van der Waals surface area contributed by atoms with Crippen LogP contribution in [0.5, 0.6) is 0 Å². The summed E-state index contributed by atoms with van der Waals surface area (Å²) in [4.78, 5) is 5.27. The first-order valence-corrected chi connectivity index (χ1v) is 6.13. The summed E-state index contributed by atoms with van der Waals surface area (Å²) in [5.74, 6) is -0.208. The van der Waals surface area contributed by atoms with Gasteiger partial charge in [0.2, 0.25) is 0 Å². The molecular formula is C13H13FN2S. The minimum Gasteiger partial charge on any atom is -0.316 e. The quantitative estimate of drug-likeness (QED) is 0.900. The first-order valence-electron chi connectivity index (χ1n) is 5.31. The summed E-state index contributed by atoms with van der Waals surface area (Å²) >= 11 is 1.55. The number of nitrogens with zero attached hydrogens (tertiary/aromatic N) is 1. The van der Waals surface area contributed by atoms with Gasteiger partial charge in [0.05, 0.1) is 0 Å². The number of halogens is 1. The number of hydrogen-bond donors (Lipinski definition) is 1. The molecule has 0 aliphatic rings. The van der Waals surface area contributed by atoms with Gasteiger partial charge < -0.3 is 5.32 Å². The van der Waals surface area contributed by atoms with Crippen LogP contribution in [-0.2, 0) is 6.54 Å². The number of pyridine rings is 1. The summed E-state index contributed by atoms with van der Waals surface area (Å²) in [5.41, 5.74) is 0.947. The highest BCUT2D eigenvalue weighted by Crippen LogP contribution is 2.29. The Bertz CT molecular complexity index is 488. The Morgan fingerprint density at radius 3 is 2.88 bits per heavy atom. The second-order valence-corrected chi connectivity index (χ2v) is 4.61. The molecule has 17 heavy (non-hydrogen) atoms. The number of benzene rings is 1. The second kappa shape index (κ2) is 5.80. The summed E-state index contributed by atoms with van der Waals surface area (Å²) in [6.07, 6.45) is 1.75. The van der Waals surface area contributed by atoms with Gasteiger partial charge in [-0.15, -0.1) is 0 Å². The molecule has 1 heterocycles. The standard InChI is InChI=1S/C13H13FN2S/c1-15-9-10-8-11(14)5-6-12(10)17-13-4-2-3-7-16-13/h2-8,15H,9H2,1H3. The molecule has 0 atom stereocenters. The minimum atomic E-state index is -0.208. The largest absolute Gasteiger partial charge is 0.316 e. The lowest BCUT2D eigenvalue weighted by Crippen LogP contribution is -2.06. The number of nitrogens with one attached hydrogen (secondary N) is 1. The predicted molar refractivity (Wildman–Crippen MR) is 67.5 cm³/mol. The van der Waals surface area contributed by atoms with E-state index in [9.17, 15) is 4.39 Å². The van der Waals surface area contributed by atoms with Crippen LogP contribution < -0.4 is 5.32 Å². The monoisotopic (exact) mass is 248 g/mol. The fourth-order valence-corrected chi connectivity index (χ4v) is 2.38. The van der Waals surface area contributed by atoms with Crippen molar-refractivity contribution >= 4 is 11.8 Å².